The predicted octanol–water partition coefficient (Wildman–Crippen LogP) is 3.35. The molecule has 1 aromatic heterocycles. The molecule has 1 heterocycles. The number of nitrogens with zero attached hydrogens (tertiary/aromatic N) is 1. The molecule has 19 heavy (non-hydrogen) atoms. The summed E-state index contributed by atoms with van der Waals surface area (Å²) in [7, 11) is 0. The molecular weight excluding hydrogens is 277 g/mol. The summed E-state index contributed by atoms with van der Waals surface area (Å²) in [5, 5.41) is 0.305. The minimum atomic E-state index is -4.39. The molecule has 0 spiro atoms. The Bertz CT molecular complexity index is 540. The molecule has 0 radical (unpaired) electrons. The summed E-state index contributed by atoms with van der Waals surface area (Å²) >= 11 is 1.04. The topological polar surface area (TPSA) is 52.0 Å². The lowest BCUT2D eigenvalue weighted by atomic mass is 10.0. The first-order valence-electron chi connectivity index (χ1n) is 5.48. The van der Waals surface area contributed by atoms with E-state index in [2.05, 4.69) is 4.98 Å². The van der Waals surface area contributed by atoms with Crippen molar-refractivity contribution in [1.82, 2.24) is 4.98 Å². The maximum Gasteiger partial charge on any atom is 0.416 e. The second kappa shape index (κ2) is 5.66. The molecule has 0 saturated heterocycles. The number of benzene rings is 1. The molecule has 0 aliphatic rings. The number of halogens is 3. The minimum absolute atomic E-state index is 0.176. The zero-order valence-corrected chi connectivity index (χ0v) is 10.6. The van der Waals surface area contributed by atoms with Crippen LogP contribution in [0.2, 0.25) is 0 Å². The predicted molar refractivity (Wildman–Crippen MR) is 64.8 cm³/mol. The van der Waals surface area contributed by atoms with Gasteiger partial charge in [-0.15, -0.1) is 0 Å². The molecule has 3 nitrogen and oxygen atoms in total. The van der Waals surface area contributed by atoms with E-state index in [1.54, 1.807) is 6.07 Å². The van der Waals surface area contributed by atoms with Gasteiger partial charge in [-0.3, -0.25) is 0 Å². The van der Waals surface area contributed by atoms with Crippen molar-refractivity contribution in [3.05, 3.63) is 41.8 Å². The third-order valence-electron chi connectivity index (χ3n) is 2.42. The van der Waals surface area contributed by atoms with E-state index < -0.39 is 11.7 Å². The number of hydrogen-bond acceptors (Lipinski definition) is 4. The van der Waals surface area contributed by atoms with Gasteiger partial charge in [-0.25, -0.2) is 4.98 Å². The summed E-state index contributed by atoms with van der Waals surface area (Å²) in [6, 6.07) is 4.15. The van der Waals surface area contributed by atoms with Crippen LogP contribution in [0.25, 0.3) is 0 Å². The molecule has 0 amide bonds. The smallest absolute Gasteiger partial charge is 0.416 e. The Hall–Kier alpha value is -1.47. The number of hydrogen-bond donors (Lipinski definition) is 1. The van der Waals surface area contributed by atoms with E-state index in [9.17, 15) is 13.2 Å². The van der Waals surface area contributed by atoms with Crippen LogP contribution in [0.4, 0.5) is 13.2 Å². The van der Waals surface area contributed by atoms with Crippen molar-refractivity contribution in [3.8, 4) is 0 Å². The summed E-state index contributed by atoms with van der Waals surface area (Å²) in [6.45, 7) is 0.176. The quantitative estimate of drug-likeness (QED) is 0.937. The normalized spacial score (nSPS) is 11.8. The van der Waals surface area contributed by atoms with Crippen LogP contribution < -0.4 is 5.73 Å². The Balaban J connectivity index is 2.32. The molecule has 0 aliphatic heterocycles. The molecule has 2 rings (SSSR count). The number of alkyl halides is 3. The fraction of sp³-hybridized carbons (Fsp3) is 0.250. The van der Waals surface area contributed by atoms with Crippen LogP contribution in [-0.2, 0) is 12.6 Å². The van der Waals surface area contributed by atoms with E-state index in [0.29, 0.717) is 10.1 Å². The molecular formula is C12H11F3N2OS. The van der Waals surface area contributed by atoms with E-state index in [1.165, 1.54) is 18.5 Å². The molecule has 0 fully saturated rings. The van der Waals surface area contributed by atoms with Crippen molar-refractivity contribution in [3.63, 3.8) is 0 Å². The van der Waals surface area contributed by atoms with Crippen molar-refractivity contribution < 1.29 is 17.6 Å². The van der Waals surface area contributed by atoms with Crippen molar-refractivity contribution in [2.45, 2.75) is 22.7 Å². The van der Waals surface area contributed by atoms with Crippen molar-refractivity contribution in [2.75, 3.05) is 6.54 Å². The maximum absolute atomic E-state index is 12.9. The molecule has 102 valence electrons. The van der Waals surface area contributed by atoms with Crippen molar-refractivity contribution in [2.24, 2.45) is 5.73 Å². The van der Waals surface area contributed by atoms with Gasteiger partial charge in [0.2, 0.25) is 0 Å². The van der Waals surface area contributed by atoms with E-state index in [-0.39, 0.29) is 18.5 Å². The van der Waals surface area contributed by atoms with Crippen LogP contribution in [-0.4, -0.2) is 11.5 Å². The minimum Gasteiger partial charge on any atom is -0.440 e. The van der Waals surface area contributed by atoms with Crippen LogP contribution in [0.5, 0.6) is 0 Å². The zero-order valence-electron chi connectivity index (χ0n) is 9.78. The maximum atomic E-state index is 12.9. The lowest BCUT2D eigenvalue weighted by molar-refractivity contribution is -0.138. The highest BCUT2D eigenvalue weighted by atomic mass is 32.2. The first-order valence-corrected chi connectivity index (χ1v) is 6.30. The van der Waals surface area contributed by atoms with Gasteiger partial charge in [0.05, 0.1) is 11.8 Å². The number of nitrogens with two attached hydrogens (primary N) is 1. The van der Waals surface area contributed by atoms with Gasteiger partial charge in [-0.2, -0.15) is 13.2 Å². The van der Waals surface area contributed by atoms with Crippen LogP contribution in [0, 0.1) is 0 Å². The summed E-state index contributed by atoms with van der Waals surface area (Å²) < 4.78 is 43.8. The fourth-order valence-electron chi connectivity index (χ4n) is 1.62. The molecule has 0 bridgehead atoms. The average molecular weight is 288 g/mol. The third-order valence-corrected chi connectivity index (χ3v) is 3.28. The van der Waals surface area contributed by atoms with Gasteiger partial charge < -0.3 is 10.2 Å². The molecule has 0 atom stereocenters. The van der Waals surface area contributed by atoms with Crippen LogP contribution >= 0.6 is 11.8 Å². The second-order valence-corrected chi connectivity index (χ2v) is 4.78. The van der Waals surface area contributed by atoms with E-state index >= 15 is 0 Å². The highest BCUT2D eigenvalue weighted by Gasteiger charge is 2.33. The van der Waals surface area contributed by atoms with Gasteiger partial charge in [0.1, 0.15) is 6.26 Å². The zero-order chi connectivity index (χ0) is 13.9. The summed E-state index contributed by atoms with van der Waals surface area (Å²) in [6.07, 6.45) is -1.39. The first kappa shape index (κ1) is 14.0. The lowest BCUT2D eigenvalue weighted by Gasteiger charge is -2.13. The standard InChI is InChI=1S/C12H11F3N2OS/c13-12(14,15)10-7-9(2-1-8(10)3-4-16)19-11-17-5-6-18-11/h1-2,5-7H,3-4,16H2. The average Bonchev–Trinajstić information content (AvgIpc) is 2.83. The number of aromatic nitrogens is 1. The van der Waals surface area contributed by atoms with Crippen LogP contribution in [0.15, 0.2) is 45.2 Å². The van der Waals surface area contributed by atoms with E-state index in [1.807, 2.05) is 0 Å². The summed E-state index contributed by atoms with van der Waals surface area (Å²) in [5.41, 5.74) is 4.87. The molecule has 0 saturated carbocycles. The van der Waals surface area contributed by atoms with Gasteiger partial charge in [-0.1, -0.05) is 6.07 Å². The molecule has 2 N–H and O–H groups in total. The van der Waals surface area contributed by atoms with E-state index in [0.717, 1.165) is 17.8 Å². The largest absolute Gasteiger partial charge is 0.440 e. The van der Waals surface area contributed by atoms with E-state index in [4.69, 9.17) is 10.2 Å². The molecule has 7 heteroatoms. The highest BCUT2D eigenvalue weighted by molar-refractivity contribution is 7.99. The first-order chi connectivity index (χ1) is 9.00. The second-order valence-electron chi connectivity index (χ2n) is 3.76. The lowest BCUT2D eigenvalue weighted by Crippen LogP contribution is -2.12. The van der Waals surface area contributed by atoms with Gasteiger partial charge in [-0.05, 0) is 42.4 Å². The number of rotatable bonds is 4. The Morgan fingerprint density at radius 3 is 2.68 bits per heavy atom. The van der Waals surface area contributed by atoms with Crippen LogP contribution in [0.3, 0.4) is 0 Å². The van der Waals surface area contributed by atoms with Gasteiger partial charge in [0, 0.05) is 4.90 Å². The molecule has 1 aromatic carbocycles. The SMILES string of the molecule is NCCc1ccc(Sc2ncco2)cc1C(F)(F)F. The van der Waals surface area contributed by atoms with Gasteiger partial charge in [0.25, 0.3) is 5.22 Å². The number of oxazole rings is 1. The fourth-order valence-corrected chi connectivity index (χ4v) is 2.35. The van der Waals surface area contributed by atoms with Gasteiger partial charge >= 0.3 is 6.18 Å². The Kier molecular flexibility index (Phi) is 4.16. The van der Waals surface area contributed by atoms with Crippen LogP contribution in [0.1, 0.15) is 11.1 Å². The van der Waals surface area contributed by atoms with Gasteiger partial charge in [0.15, 0.2) is 0 Å². The summed E-state index contributed by atoms with van der Waals surface area (Å²) in [4.78, 5) is 4.28. The highest BCUT2D eigenvalue weighted by Crippen LogP contribution is 2.36. The molecule has 2 aromatic rings. The van der Waals surface area contributed by atoms with Crippen molar-refractivity contribution in [1.29, 1.82) is 0 Å². The monoisotopic (exact) mass is 288 g/mol. The Morgan fingerprint density at radius 2 is 2.11 bits per heavy atom. The Labute approximate surface area is 112 Å². The third kappa shape index (κ3) is 3.51. The van der Waals surface area contributed by atoms with Crippen molar-refractivity contribution >= 4 is 11.8 Å². The Morgan fingerprint density at radius 1 is 1.32 bits per heavy atom. The molecule has 0 aliphatic carbocycles. The molecule has 0 unspecified atom stereocenters. The summed E-state index contributed by atoms with van der Waals surface area (Å²) in [5.74, 6) is 0.